The zero-order chi connectivity index (χ0) is 13.0. The fourth-order valence-corrected chi connectivity index (χ4v) is 0.828. The Morgan fingerprint density at radius 3 is 1.69 bits per heavy atom. The molecule has 0 saturated carbocycles. The van der Waals surface area contributed by atoms with E-state index in [1.807, 2.05) is 0 Å². The van der Waals surface area contributed by atoms with Gasteiger partial charge in [-0.1, -0.05) is 13.3 Å². The number of alkyl halides is 6. The Balaban J connectivity index is 5.00. The van der Waals surface area contributed by atoms with Gasteiger partial charge in [0, 0.05) is 6.61 Å². The van der Waals surface area contributed by atoms with Gasteiger partial charge in [-0.25, -0.2) is 0 Å². The van der Waals surface area contributed by atoms with Gasteiger partial charge in [0.2, 0.25) is 0 Å². The monoisotopic (exact) mass is 257 g/mol. The molecule has 0 unspecified atom stereocenters. The van der Waals surface area contributed by atoms with Crippen LogP contribution in [0, 0.1) is 0 Å². The average Bonchev–Trinajstić information content (AvgIpc) is 2.08. The van der Waals surface area contributed by atoms with Crippen LogP contribution in [0.3, 0.4) is 0 Å². The van der Waals surface area contributed by atoms with E-state index in [2.05, 4.69) is 4.74 Å². The van der Waals surface area contributed by atoms with Crippen LogP contribution in [0.2, 0.25) is 0 Å². The molecule has 0 aromatic carbocycles. The third-order valence-electron chi connectivity index (χ3n) is 1.75. The van der Waals surface area contributed by atoms with Crippen LogP contribution < -0.4 is 5.54 Å². The molecule has 0 fully saturated rings. The van der Waals surface area contributed by atoms with Gasteiger partial charge in [-0.05, 0) is 6.42 Å². The zero-order valence-corrected chi connectivity index (χ0v) is 8.18. The summed E-state index contributed by atoms with van der Waals surface area (Å²) in [6.45, 7) is 0.682. The summed E-state index contributed by atoms with van der Waals surface area (Å²) in [6.07, 6.45) is -11.6. The molecule has 1 N–H and O–H groups in total. The van der Waals surface area contributed by atoms with Gasteiger partial charge >= 0.3 is 18.1 Å². The van der Waals surface area contributed by atoms with E-state index in [1.54, 1.807) is 0 Å². The largest absolute Gasteiger partial charge is 0.443 e. The van der Waals surface area contributed by atoms with Gasteiger partial charge in [0.15, 0.2) is 0 Å². The molecule has 0 atom stereocenters. The second kappa shape index (κ2) is 5.17. The van der Waals surface area contributed by atoms with Crippen LogP contribution in [-0.4, -0.2) is 24.7 Å². The number of unbranched alkanes of at least 4 members (excludes halogenated alkanes) is 1. The molecule has 0 saturated heterocycles. The van der Waals surface area contributed by atoms with Crippen LogP contribution in [0.25, 0.3) is 0 Å². The minimum Gasteiger partial charge on any atom is -0.343 e. The predicted molar refractivity (Wildman–Crippen MR) is 39.9 cm³/mol. The first kappa shape index (κ1) is 15.4. The molecule has 0 amide bonds. The van der Waals surface area contributed by atoms with E-state index >= 15 is 0 Å². The van der Waals surface area contributed by atoms with Crippen LogP contribution in [0.1, 0.15) is 19.8 Å². The number of hydrogen-bond donors (Lipinski definition) is 1. The summed E-state index contributed by atoms with van der Waals surface area (Å²) in [4.78, 5) is 0. The van der Waals surface area contributed by atoms with Gasteiger partial charge in [0.25, 0.3) is 0 Å². The van der Waals surface area contributed by atoms with Crippen molar-refractivity contribution in [3.8, 4) is 0 Å². The number of halogens is 7. The molecular weight excluding hydrogens is 247 g/mol. The Morgan fingerprint density at radius 1 is 1.00 bits per heavy atom. The van der Waals surface area contributed by atoms with Crippen molar-refractivity contribution in [2.24, 2.45) is 0 Å². The van der Waals surface area contributed by atoms with Crippen LogP contribution in [0.4, 0.5) is 30.8 Å². The zero-order valence-electron chi connectivity index (χ0n) is 8.18. The smallest absolute Gasteiger partial charge is 0.343 e. The minimum absolute atomic E-state index is 0.0460. The van der Waals surface area contributed by atoms with E-state index < -0.39 is 24.7 Å². The van der Waals surface area contributed by atoms with Crippen LogP contribution >= 0.6 is 0 Å². The summed E-state index contributed by atoms with van der Waals surface area (Å²) in [7, 11) is 0. The van der Waals surface area contributed by atoms with Gasteiger partial charge in [-0.3, -0.25) is 0 Å². The Morgan fingerprint density at radius 2 is 1.44 bits per heavy atom. The molecule has 9 heteroatoms. The van der Waals surface area contributed by atoms with Crippen molar-refractivity contribution < 1.29 is 35.6 Å². The van der Waals surface area contributed by atoms with E-state index in [0.29, 0.717) is 6.42 Å². The molecule has 0 rings (SSSR count). The number of ether oxygens (including phenoxy) is 1. The van der Waals surface area contributed by atoms with Gasteiger partial charge in [-0.2, -0.15) is 26.3 Å². The molecule has 16 heavy (non-hydrogen) atoms. The maximum atomic E-state index is 12.2. The molecule has 0 aliphatic rings. The summed E-state index contributed by atoms with van der Waals surface area (Å²) >= 11 is 0. The lowest BCUT2D eigenvalue weighted by Gasteiger charge is -2.34. The van der Waals surface area contributed by atoms with Gasteiger partial charge < -0.3 is 4.74 Å². The van der Waals surface area contributed by atoms with Gasteiger partial charge in [-0.15, -0.1) is 10.0 Å². The van der Waals surface area contributed by atoms with Crippen molar-refractivity contribution >= 4 is 0 Å². The summed E-state index contributed by atoms with van der Waals surface area (Å²) in [6, 6.07) is 0. The lowest BCUT2D eigenvalue weighted by Crippen LogP contribution is -2.65. The van der Waals surface area contributed by atoms with Crippen molar-refractivity contribution in [1.29, 1.82) is 0 Å². The van der Waals surface area contributed by atoms with E-state index in [0.717, 1.165) is 0 Å². The highest BCUT2D eigenvalue weighted by Gasteiger charge is 2.73. The third kappa shape index (κ3) is 2.97. The lowest BCUT2D eigenvalue weighted by molar-refractivity contribution is -0.404. The van der Waals surface area contributed by atoms with E-state index in [4.69, 9.17) is 0 Å². The normalized spacial score (nSPS) is 14.2. The molecule has 0 bridgehead atoms. The Labute approximate surface area is 86.7 Å². The predicted octanol–water partition coefficient (Wildman–Crippen LogP) is 3.10. The fourth-order valence-electron chi connectivity index (χ4n) is 0.828. The molecular formula is C7H10F7NO. The van der Waals surface area contributed by atoms with Gasteiger partial charge in [0.05, 0.1) is 0 Å². The van der Waals surface area contributed by atoms with Crippen molar-refractivity contribution in [1.82, 2.24) is 5.54 Å². The van der Waals surface area contributed by atoms with Gasteiger partial charge in [0.1, 0.15) is 0 Å². The molecule has 98 valence electrons. The molecule has 2 nitrogen and oxygen atoms in total. The van der Waals surface area contributed by atoms with Crippen LogP contribution in [0.15, 0.2) is 0 Å². The Hall–Kier alpha value is -0.570. The topological polar surface area (TPSA) is 21.3 Å². The Bertz CT molecular complexity index is 198. The number of nitrogens with one attached hydrogen (secondary N) is 1. The Kier molecular flexibility index (Phi) is 4.99. The van der Waals surface area contributed by atoms with Crippen LogP contribution in [-0.2, 0) is 4.74 Å². The SMILES string of the molecule is CCCCOC(NF)(C(F)(F)F)C(F)(F)F. The second-order valence-corrected chi connectivity index (χ2v) is 2.97. The fraction of sp³-hybridized carbons (Fsp3) is 1.00. The first-order valence-electron chi connectivity index (χ1n) is 4.27. The van der Waals surface area contributed by atoms with Crippen molar-refractivity contribution in [3.63, 3.8) is 0 Å². The summed E-state index contributed by atoms with van der Waals surface area (Å²) in [5.74, 6) is 0. The van der Waals surface area contributed by atoms with E-state index in [-0.39, 0.29) is 12.0 Å². The van der Waals surface area contributed by atoms with Crippen molar-refractivity contribution in [2.75, 3.05) is 6.61 Å². The highest BCUT2D eigenvalue weighted by molar-refractivity contribution is 4.91. The first-order valence-corrected chi connectivity index (χ1v) is 4.27. The molecule has 0 spiro atoms. The summed E-state index contributed by atoms with van der Waals surface area (Å²) in [5, 5.41) is 0. The lowest BCUT2D eigenvalue weighted by atomic mass is 10.2. The molecule has 0 aliphatic heterocycles. The highest BCUT2D eigenvalue weighted by atomic mass is 19.4. The average molecular weight is 257 g/mol. The minimum atomic E-state index is -5.94. The van der Waals surface area contributed by atoms with Crippen LogP contribution in [0.5, 0.6) is 0 Å². The second-order valence-electron chi connectivity index (χ2n) is 2.97. The molecule has 0 heterocycles. The molecule has 0 aliphatic carbocycles. The standard InChI is InChI=1S/C7H10F7NO/c1-2-3-4-16-5(15-14,6(8,9)10)7(11,12)13/h15H,2-4H2,1H3. The molecule has 0 aromatic rings. The van der Waals surface area contributed by atoms with E-state index in [1.165, 1.54) is 6.92 Å². The van der Waals surface area contributed by atoms with Crippen molar-refractivity contribution in [2.45, 2.75) is 37.8 Å². The maximum Gasteiger partial charge on any atom is 0.443 e. The summed E-state index contributed by atoms with van der Waals surface area (Å²) in [5.41, 5.74) is -5.27. The molecule has 0 aromatic heterocycles. The molecule has 0 radical (unpaired) electrons. The maximum absolute atomic E-state index is 12.2. The summed E-state index contributed by atoms with van der Waals surface area (Å²) < 4.78 is 88.4. The highest BCUT2D eigenvalue weighted by Crippen LogP contribution is 2.44. The van der Waals surface area contributed by atoms with E-state index in [9.17, 15) is 30.8 Å². The number of hydrogen-bond acceptors (Lipinski definition) is 2. The van der Waals surface area contributed by atoms with Crippen molar-refractivity contribution in [3.05, 3.63) is 0 Å². The first-order chi connectivity index (χ1) is 7.12. The third-order valence-corrected chi connectivity index (χ3v) is 1.75. The quantitative estimate of drug-likeness (QED) is 0.353. The number of rotatable bonds is 5.